The van der Waals surface area contributed by atoms with Crippen LogP contribution in [-0.2, 0) is 6.18 Å². The third-order valence-electron chi connectivity index (χ3n) is 4.01. The first-order valence-corrected chi connectivity index (χ1v) is 8.96. The predicted molar refractivity (Wildman–Crippen MR) is 94.6 cm³/mol. The lowest BCUT2D eigenvalue weighted by molar-refractivity contribution is -0.137. The van der Waals surface area contributed by atoms with Gasteiger partial charge in [0.2, 0.25) is 10.3 Å². The van der Waals surface area contributed by atoms with Gasteiger partial charge in [0.05, 0.1) is 5.56 Å². The Morgan fingerprint density at radius 1 is 1.31 bits per heavy atom. The molecule has 0 unspecified atom stereocenters. The summed E-state index contributed by atoms with van der Waals surface area (Å²) >= 11 is 1.24. The summed E-state index contributed by atoms with van der Waals surface area (Å²) < 4.78 is 38.1. The van der Waals surface area contributed by atoms with Gasteiger partial charge in [-0.3, -0.25) is 5.32 Å². The molecule has 10 heteroatoms. The van der Waals surface area contributed by atoms with Crippen LogP contribution in [0.15, 0.2) is 24.3 Å². The lowest BCUT2D eigenvalue weighted by Gasteiger charge is -2.29. The Labute approximate surface area is 152 Å². The number of carbonyl (C=O) groups excluding carboxylic acids is 1. The number of benzene rings is 1. The quantitative estimate of drug-likeness (QED) is 0.820. The zero-order chi connectivity index (χ0) is 18.7. The molecule has 1 aliphatic heterocycles. The number of nitrogens with one attached hydrogen (secondary N) is 2. The number of urea groups is 1. The van der Waals surface area contributed by atoms with Gasteiger partial charge in [0, 0.05) is 18.8 Å². The van der Waals surface area contributed by atoms with Crippen molar-refractivity contribution in [2.45, 2.75) is 25.9 Å². The maximum atomic E-state index is 12.7. The van der Waals surface area contributed by atoms with Gasteiger partial charge in [-0.1, -0.05) is 24.3 Å². The minimum Gasteiger partial charge on any atom is -0.346 e. The van der Waals surface area contributed by atoms with Crippen molar-refractivity contribution in [1.82, 2.24) is 10.2 Å². The fourth-order valence-corrected chi connectivity index (χ4v) is 3.56. The first kappa shape index (κ1) is 18.4. The highest BCUT2D eigenvalue weighted by molar-refractivity contribution is 7.19. The Hall–Kier alpha value is -2.36. The summed E-state index contributed by atoms with van der Waals surface area (Å²) in [5.41, 5.74) is -0.778. The van der Waals surface area contributed by atoms with Crippen LogP contribution in [-0.4, -0.2) is 29.3 Å². The molecule has 2 aromatic rings. The van der Waals surface area contributed by atoms with Crippen molar-refractivity contribution >= 4 is 33.3 Å². The number of piperidine rings is 1. The van der Waals surface area contributed by atoms with Crippen molar-refractivity contribution < 1.29 is 18.0 Å². The second-order valence-corrected chi connectivity index (χ2v) is 7.20. The molecule has 1 fully saturated rings. The Kier molecular flexibility index (Phi) is 5.30. The topological polar surface area (TPSA) is 70.2 Å². The van der Waals surface area contributed by atoms with Crippen LogP contribution in [0.4, 0.5) is 33.9 Å². The SMILES string of the molecule is C[C@@H]1CCCN(c2nnc(NC(=O)Nc3cccc(C(F)(F)F)c3)s2)C1. The van der Waals surface area contributed by atoms with Gasteiger partial charge in [-0.2, -0.15) is 13.2 Å². The molecule has 1 aromatic heterocycles. The van der Waals surface area contributed by atoms with Crippen LogP contribution >= 0.6 is 11.3 Å². The maximum Gasteiger partial charge on any atom is 0.416 e. The van der Waals surface area contributed by atoms with E-state index in [9.17, 15) is 18.0 Å². The number of alkyl halides is 3. The number of anilines is 3. The lowest BCUT2D eigenvalue weighted by Crippen LogP contribution is -2.34. The van der Waals surface area contributed by atoms with E-state index in [2.05, 4.69) is 32.7 Å². The van der Waals surface area contributed by atoms with Gasteiger partial charge < -0.3 is 10.2 Å². The highest BCUT2D eigenvalue weighted by Crippen LogP contribution is 2.31. The van der Waals surface area contributed by atoms with E-state index in [1.165, 1.54) is 29.9 Å². The first-order valence-electron chi connectivity index (χ1n) is 8.15. The summed E-state index contributed by atoms with van der Waals surface area (Å²) in [7, 11) is 0. The molecule has 6 nitrogen and oxygen atoms in total. The molecule has 1 saturated heterocycles. The number of amides is 2. The molecule has 0 saturated carbocycles. The largest absolute Gasteiger partial charge is 0.416 e. The van der Waals surface area contributed by atoms with Gasteiger partial charge in [0.1, 0.15) is 0 Å². The first-order chi connectivity index (χ1) is 12.3. The van der Waals surface area contributed by atoms with E-state index >= 15 is 0 Å². The molecule has 1 aromatic carbocycles. The fourth-order valence-electron chi connectivity index (χ4n) is 2.79. The van der Waals surface area contributed by atoms with Crippen molar-refractivity contribution in [3.05, 3.63) is 29.8 Å². The average Bonchev–Trinajstić information content (AvgIpc) is 3.02. The Morgan fingerprint density at radius 3 is 2.85 bits per heavy atom. The Morgan fingerprint density at radius 2 is 2.12 bits per heavy atom. The van der Waals surface area contributed by atoms with E-state index in [1.807, 2.05) is 0 Å². The van der Waals surface area contributed by atoms with Gasteiger partial charge in [0.15, 0.2) is 0 Å². The maximum absolute atomic E-state index is 12.7. The van der Waals surface area contributed by atoms with Crippen LogP contribution in [0.2, 0.25) is 0 Å². The number of carbonyl (C=O) groups is 1. The molecular weight excluding hydrogens is 367 g/mol. The molecule has 2 amide bonds. The fraction of sp³-hybridized carbons (Fsp3) is 0.438. The number of hydrogen-bond donors (Lipinski definition) is 2. The molecule has 0 bridgehead atoms. The number of nitrogens with zero attached hydrogens (tertiary/aromatic N) is 3. The van der Waals surface area contributed by atoms with E-state index in [0.717, 1.165) is 36.8 Å². The second-order valence-electron chi connectivity index (χ2n) is 6.24. The van der Waals surface area contributed by atoms with Crippen LogP contribution in [0.1, 0.15) is 25.3 Å². The molecule has 1 aliphatic rings. The minimum atomic E-state index is -4.46. The Bertz CT molecular complexity index is 779. The van der Waals surface area contributed by atoms with Crippen LogP contribution < -0.4 is 15.5 Å². The molecule has 0 radical (unpaired) electrons. The Balaban J connectivity index is 1.60. The van der Waals surface area contributed by atoms with Crippen LogP contribution in [0.3, 0.4) is 0 Å². The number of rotatable bonds is 3. The third kappa shape index (κ3) is 4.63. The van der Waals surface area contributed by atoms with Crippen LogP contribution in [0.25, 0.3) is 0 Å². The molecular formula is C16H18F3N5OS. The third-order valence-corrected chi connectivity index (χ3v) is 4.91. The number of hydrogen-bond acceptors (Lipinski definition) is 5. The van der Waals surface area contributed by atoms with E-state index in [4.69, 9.17) is 0 Å². The molecule has 2 N–H and O–H groups in total. The van der Waals surface area contributed by atoms with Crippen molar-refractivity contribution in [3.8, 4) is 0 Å². The molecule has 3 rings (SSSR count). The predicted octanol–water partition coefficient (Wildman–Crippen LogP) is 4.44. The smallest absolute Gasteiger partial charge is 0.346 e. The van der Waals surface area contributed by atoms with Crippen molar-refractivity contribution in [3.63, 3.8) is 0 Å². The summed E-state index contributed by atoms with van der Waals surface area (Å²) in [5, 5.41) is 13.9. The van der Waals surface area contributed by atoms with Gasteiger partial charge in [-0.25, -0.2) is 4.79 Å². The van der Waals surface area contributed by atoms with Crippen molar-refractivity contribution in [2.24, 2.45) is 5.92 Å². The van der Waals surface area contributed by atoms with Gasteiger partial charge >= 0.3 is 12.2 Å². The molecule has 0 spiro atoms. The highest BCUT2D eigenvalue weighted by Gasteiger charge is 2.30. The van der Waals surface area contributed by atoms with Gasteiger partial charge in [0.25, 0.3) is 0 Å². The van der Waals surface area contributed by atoms with Crippen LogP contribution in [0, 0.1) is 5.92 Å². The number of aromatic nitrogens is 2. The molecule has 0 aliphatic carbocycles. The van der Waals surface area contributed by atoms with Crippen molar-refractivity contribution in [1.29, 1.82) is 0 Å². The van der Waals surface area contributed by atoms with E-state index in [1.54, 1.807) is 0 Å². The van der Waals surface area contributed by atoms with Gasteiger partial charge in [-0.05, 0) is 37.0 Å². The summed E-state index contributed by atoms with van der Waals surface area (Å²) in [6.07, 6.45) is -2.20. The standard InChI is InChI=1S/C16H18F3N5OS/c1-10-4-3-7-24(9-10)15-23-22-14(26-15)21-13(25)20-12-6-2-5-11(8-12)16(17,18)19/h2,5-6,8,10H,3-4,7,9H2,1H3,(H2,20,21,22,25)/t10-/m1/s1. The van der Waals surface area contributed by atoms with Crippen molar-refractivity contribution in [2.75, 3.05) is 28.6 Å². The van der Waals surface area contributed by atoms with Gasteiger partial charge in [-0.15, -0.1) is 10.2 Å². The zero-order valence-electron chi connectivity index (χ0n) is 14.0. The monoisotopic (exact) mass is 385 g/mol. The highest BCUT2D eigenvalue weighted by atomic mass is 32.1. The molecule has 26 heavy (non-hydrogen) atoms. The van der Waals surface area contributed by atoms with E-state index in [-0.39, 0.29) is 5.69 Å². The molecule has 1 atom stereocenters. The normalized spacial score (nSPS) is 17.8. The number of halogens is 3. The summed E-state index contributed by atoms with van der Waals surface area (Å²) in [4.78, 5) is 14.1. The lowest BCUT2D eigenvalue weighted by atomic mass is 10.0. The van der Waals surface area contributed by atoms with E-state index in [0.29, 0.717) is 11.0 Å². The van der Waals surface area contributed by atoms with Crippen LogP contribution in [0.5, 0.6) is 0 Å². The zero-order valence-corrected chi connectivity index (χ0v) is 14.8. The summed E-state index contributed by atoms with van der Waals surface area (Å²) in [5.74, 6) is 0.577. The van der Waals surface area contributed by atoms with E-state index < -0.39 is 17.8 Å². The summed E-state index contributed by atoms with van der Waals surface area (Å²) in [6, 6.07) is 3.77. The second kappa shape index (κ2) is 7.48. The molecule has 2 heterocycles. The minimum absolute atomic E-state index is 0.0481. The molecule has 140 valence electrons. The summed E-state index contributed by atoms with van der Waals surface area (Å²) in [6.45, 7) is 3.97. The average molecular weight is 385 g/mol.